The van der Waals surface area contributed by atoms with Gasteiger partial charge in [-0.25, -0.2) is 0 Å². The lowest BCUT2D eigenvalue weighted by atomic mass is 10.1. The van der Waals surface area contributed by atoms with Crippen LogP contribution in [0.4, 0.5) is 0 Å². The van der Waals surface area contributed by atoms with Crippen molar-refractivity contribution in [1.29, 1.82) is 0 Å². The Labute approximate surface area is 148 Å². The summed E-state index contributed by atoms with van der Waals surface area (Å²) in [5.41, 5.74) is 2.11. The van der Waals surface area contributed by atoms with Gasteiger partial charge in [0.05, 0.1) is 20.6 Å². The van der Waals surface area contributed by atoms with E-state index < -0.39 is 18.0 Å². The van der Waals surface area contributed by atoms with E-state index >= 15 is 0 Å². The van der Waals surface area contributed by atoms with Gasteiger partial charge in [0.2, 0.25) is 0 Å². The third-order valence-electron chi connectivity index (χ3n) is 3.96. The molecular weight excluding hydrogens is 318 g/mol. The molecule has 132 valence electrons. The maximum Gasteiger partial charge on any atom is 0.323 e. The van der Waals surface area contributed by atoms with Crippen LogP contribution < -0.4 is 0 Å². The summed E-state index contributed by atoms with van der Waals surface area (Å²) in [6.07, 6.45) is -0.0527. The topological polar surface area (TPSA) is 55.8 Å². The molecule has 0 aliphatic carbocycles. The normalized spacial score (nSPS) is 11.8. The van der Waals surface area contributed by atoms with Crippen molar-refractivity contribution >= 4 is 11.9 Å². The van der Waals surface area contributed by atoms with E-state index in [0.717, 1.165) is 11.1 Å². The molecule has 0 bridgehead atoms. The zero-order valence-electron chi connectivity index (χ0n) is 14.6. The van der Waals surface area contributed by atoms with Crippen LogP contribution in [0.15, 0.2) is 60.7 Å². The molecule has 0 aromatic heterocycles. The monoisotopic (exact) mass is 341 g/mol. The summed E-state index contributed by atoms with van der Waals surface area (Å²) in [6.45, 7) is 1.04. The molecule has 0 unspecified atom stereocenters. The lowest BCUT2D eigenvalue weighted by Gasteiger charge is -2.29. The van der Waals surface area contributed by atoms with Gasteiger partial charge in [-0.05, 0) is 11.1 Å². The SMILES string of the molecule is COC(=O)C[C@@H](C(=O)OC)N(Cc1ccccc1)Cc1ccccc1. The van der Waals surface area contributed by atoms with Crippen LogP contribution in [-0.4, -0.2) is 37.1 Å². The highest BCUT2D eigenvalue weighted by Gasteiger charge is 2.30. The minimum Gasteiger partial charge on any atom is -0.469 e. The third kappa shape index (κ3) is 5.72. The van der Waals surface area contributed by atoms with Gasteiger partial charge in [0.25, 0.3) is 0 Å². The Morgan fingerprint density at radius 2 is 1.32 bits per heavy atom. The molecule has 0 aliphatic rings. The number of esters is 2. The lowest BCUT2D eigenvalue weighted by molar-refractivity contribution is -0.154. The minimum absolute atomic E-state index is 0.0527. The smallest absolute Gasteiger partial charge is 0.323 e. The molecule has 0 saturated heterocycles. The summed E-state index contributed by atoms with van der Waals surface area (Å²) in [7, 11) is 2.64. The molecule has 2 aromatic rings. The number of methoxy groups -OCH3 is 2. The second-order valence-corrected chi connectivity index (χ2v) is 5.70. The molecule has 25 heavy (non-hydrogen) atoms. The van der Waals surface area contributed by atoms with Crippen molar-refractivity contribution in [3.8, 4) is 0 Å². The molecule has 0 heterocycles. The summed E-state index contributed by atoms with van der Waals surface area (Å²) in [6, 6.07) is 18.9. The predicted octanol–water partition coefficient (Wildman–Crippen LogP) is 2.79. The number of nitrogens with zero attached hydrogens (tertiary/aromatic N) is 1. The molecule has 0 spiro atoms. The van der Waals surface area contributed by atoms with Gasteiger partial charge in [-0.3, -0.25) is 14.5 Å². The number of benzene rings is 2. The Bertz CT molecular complexity index is 631. The number of carbonyl (C=O) groups excluding carboxylic acids is 2. The first kappa shape index (κ1) is 18.7. The lowest BCUT2D eigenvalue weighted by Crippen LogP contribution is -2.42. The first-order chi connectivity index (χ1) is 12.1. The van der Waals surface area contributed by atoms with Crippen molar-refractivity contribution in [2.45, 2.75) is 25.6 Å². The Morgan fingerprint density at radius 1 is 0.840 bits per heavy atom. The average molecular weight is 341 g/mol. The van der Waals surface area contributed by atoms with E-state index in [1.807, 2.05) is 65.6 Å². The summed E-state index contributed by atoms with van der Waals surface area (Å²) in [5, 5.41) is 0. The fourth-order valence-electron chi connectivity index (χ4n) is 2.65. The summed E-state index contributed by atoms with van der Waals surface area (Å²) >= 11 is 0. The van der Waals surface area contributed by atoms with Crippen molar-refractivity contribution in [2.75, 3.05) is 14.2 Å². The van der Waals surface area contributed by atoms with Gasteiger partial charge in [-0.15, -0.1) is 0 Å². The number of rotatable bonds is 8. The van der Waals surface area contributed by atoms with Crippen LogP contribution in [0.25, 0.3) is 0 Å². The molecule has 0 aliphatic heterocycles. The highest BCUT2D eigenvalue weighted by Crippen LogP contribution is 2.17. The van der Waals surface area contributed by atoms with Gasteiger partial charge in [-0.1, -0.05) is 60.7 Å². The van der Waals surface area contributed by atoms with Crippen molar-refractivity contribution in [2.24, 2.45) is 0 Å². The molecule has 2 rings (SSSR count). The van der Waals surface area contributed by atoms with E-state index in [9.17, 15) is 9.59 Å². The molecule has 5 nitrogen and oxygen atoms in total. The average Bonchev–Trinajstić information content (AvgIpc) is 2.66. The first-order valence-corrected chi connectivity index (χ1v) is 8.10. The maximum absolute atomic E-state index is 12.3. The predicted molar refractivity (Wildman–Crippen MR) is 94.6 cm³/mol. The van der Waals surface area contributed by atoms with Crippen LogP contribution in [0.1, 0.15) is 17.5 Å². The van der Waals surface area contributed by atoms with Crippen LogP contribution >= 0.6 is 0 Å². The van der Waals surface area contributed by atoms with E-state index in [-0.39, 0.29) is 6.42 Å². The number of hydrogen-bond acceptors (Lipinski definition) is 5. The maximum atomic E-state index is 12.3. The number of carbonyl (C=O) groups is 2. The van der Waals surface area contributed by atoms with Crippen molar-refractivity contribution in [3.05, 3.63) is 71.8 Å². The van der Waals surface area contributed by atoms with Crippen LogP contribution in [0.5, 0.6) is 0 Å². The quantitative estimate of drug-likeness (QED) is 0.691. The fourth-order valence-corrected chi connectivity index (χ4v) is 2.65. The molecule has 5 heteroatoms. The van der Waals surface area contributed by atoms with Crippen molar-refractivity contribution in [1.82, 2.24) is 4.90 Å². The Balaban J connectivity index is 2.28. The molecule has 0 N–H and O–H groups in total. The molecule has 0 saturated carbocycles. The zero-order chi connectivity index (χ0) is 18.1. The summed E-state index contributed by atoms with van der Waals surface area (Å²) < 4.78 is 9.68. The summed E-state index contributed by atoms with van der Waals surface area (Å²) in [4.78, 5) is 26.0. The highest BCUT2D eigenvalue weighted by atomic mass is 16.5. The van der Waals surface area contributed by atoms with Crippen LogP contribution in [0, 0.1) is 0 Å². The minimum atomic E-state index is -0.710. The van der Waals surface area contributed by atoms with Crippen LogP contribution in [0.2, 0.25) is 0 Å². The Morgan fingerprint density at radius 3 is 1.72 bits per heavy atom. The number of ether oxygens (including phenoxy) is 2. The largest absolute Gasteiger partial charge is 0.469 e. The van der Waals surface area contributed by atoms with E-state index in [1.54, 1.807) is 0 Å². The van der Waals surface area contributed by atoms with E-state index in [0.29, 0.717) is 13.1 Å². The Kier molecular flexibility index (Phi) is 7.16. The molecule has 1 atom stereocenters. The number of hydrogen-bond donors (Lipinski definition) is 0. The molecule has 0 fully saturated rings. The summed E-state index contributed by atoms with van der Waals surface area (Å²) in [5.74, 6) is -0.890. The standard InChI is InChI=1S/C20H23NO4/c1-24-19(22)13-18(20(23)25-2)21(14-16-9-5-3-6-10-16)15-17-11-7-4-8-12-17/h3-12,18H,13-15H2,1-2H3/t18-/m0/s1. The second kappa shape index (κ2) is 9.59. The molecular formula is C20H23NO4. The van der Waals surface area contributed by atoms with Gasteiger partial charge >= 0.3 is 11.9 Å². The molecule has 0 amide bonds. The zero-order valence-corrected chi connectivity index (χ0v) is 14.6. The fraction of sp³-hybridized carbons (Fsp3) is 0.300. The van der Waals surface area contributed by atoms with Crippen molar-refractivity contribution in [3.63, 3.8) is 0 Å². The van der Waals surface area contributed by atoms with Crippen LogP contribution in [0.3, 0.4) is 0 Å². The van der Waals surface area contributed by atoms with Crippen molar-refractivity contribution < 1.29 is 19.1 Å². The van der Waals surface area contributed by atoms with Gasteiger partial charge in [0.1, 0.15) is 6.04 Å². The van der Waals surface area contributed by atoms with Gasteiger partial charge in [0, 0.05) is 13.1 Å². The van der Waals surface area contributed by atoms with Crippen LogP contribution in [-0.2, 0) is 32.2 Å². The highest BCUT2D eigenvalue weighted by molar-refractivity contribution is 5.82. The van der Waals surface area contributed by atoms with E-state index in [4.69, 9.17) is 9.47 Å². The third-order valence-corrected chi connectivity index (χ3v) is 3.96. The van der Waals surface area contributed by atoms with Gasteiger partial charge in [0.15, 0.2) is 0 Å². The Hall–Kier alpha value is -2.66. The van der Waals surface area contributed by atoms with Gasteiger partial charge in [-0.2, -0.15) is 0 Å². The van der Waals surface area contributed by atoms with Gasteiger partial charge < -0.3 is 9.47 Å². The van der Waals surface area contributed by atoms with E-state index in [1.165, 1.54) is 14.2 Å². The molecule has 2 aromatic carbocycles. The second-order valence-electron chi connectivity index (χ2n) is 5.70. The first-order valence-electron chi connectivity index (χ1n) is 8.10. The molecule has 0 radical (unpaired) electrons. The van der Waals surface area contributed by atoms with E-state index in [2.05, 4.69) is 0 Å².